The normalized spacial score (nSPS) is 32.3. The second-order valence-corrected chi connectivity index (χ2v) is 5.34. The van der Waals surface area contributed by atoms with Crippen LogP contribution in [-0.2, 0) is 18.4 Å². The zero-order valence-corrected chi connectivity index (χ0v) is 10.7. The maximum Gasteiger partial charge on any atom is 0.251 e. The number of rotatable bonds is 2. The number of aliphatic hydroxyl groups excluding tert-OH is 1. The van der Waals surface area contributed by atoms with Gasteiger partial charge in [-0.2, -0.15) is 5.10 Å². The third-order valence-corrected chi connectivity index (χ3v) is 4.08. The van der Waals surface area contributed by atoms with Gasteiger partial charge in [0.15, 0.2) is 0 Å². The Kier molecular flexibility index (Phi) is 2.64. The van der Waals surface area contributed by atoms with Gasteiger partial charge in [-0.3, -0.25) is 14.4 Å². The molecule has 6 heteroatoms. The lowest BCUT2D eigenvalue weighted by Crippen LogP contribution is -2.36. The number of fused-ring (bicyclic) bond motifs is 1. The van der Waals surface area contributed by atoms with Crippen molar-refractivity contribution in [2.75, 3.05) is 20.1 Å². The van der Waals surface area contributed by atoms with E-state index in [1.54, 1.807) is 16.6 Å². The van der Waals surface area contributed by atoms with Crippen molar-refractivity contribution in [3.8, 4) is 0 Å². The molecule has 2 saturated heterocycles. The molecule has 98 valence electrons. The Balaban J connectivity index is 1.68. The van der Waals surface area contributed by atoms with Crippen molar-refractivity contribution in [1.82, 2.24) is 19.6 Å². The minimum atomic E-state index is -0.820. The number of carbonyl (C=O) groups is 1. The fraction of sp³-hybridized carbons (Fsp3) is 0.667. The van der Waals surface area contributed by atoms with Crippen LogP contribution in [0.5, 0.6) is 0 Å². The van der Waals surface area contributed by atoms with Crippen LogP contribution in [0.1, 0.15) is 5.56 Å². The van der Waals surface area contributed by atoms with Gasteiger partial charge in [0.25, 0.3) is 5.91 Å². The second kappa shape index (κ2) is 4.07. The molecule has 0 aliphatic carbocycles. The van der Waals surface area contributed by atoms with Gasteiger partial charge in [0.1, 0.15) is 6.10 Å². The number of hydrogen-bond donors (Lipinski definition) is 1. The second-order valence-electron chi connectivity index (χ2n) is 5.34. The Labute approximate surface area is 106 Å². The highest BCUT2D eigenvalue weighted by atomic mass is 16.3. The van der Waals surface area contributed by atoms with E-state index in [9.17, 15) is 9.90 Å². The summed E-state index contributed by atoms with van der Waals surface area (Å²) in [6.45, 7) is 2.44. The lowest BCUT2D eigenvalue weighted by molar-refractivity contribution is -0.135. The van der Waals surface area contributed by atoms with Gasteiger partial charge in [-0.15, -0.1) is 0 Å². The van der Waals surface area contributed by atoms with E-state index in [0.29, 0.717) is 0 Å². The van der Waals surface area contributed by atoms with Crippen molar-refractivity contribution in [2.24, 2.45) is 13.0 Å². The lowest BCUT2D eigenvalue weighted by Gasteiger charge is -2.20. The van der Waals surface area contributed by atoms with E-state index >= 15 is 0 Å². The van der Waals surface area contributed by atoms with Gasteiger partial charge < -0.3 is 10.0 Å². The quantitative estimate of drug-likeness (QED) is 0.735. The van der Waals surface area contributed by atoms with E-state index in [2.05, 4.69) is 10.00 Å². The first-order chi connectivity index (χ1) is 8.56. The summed E-state index contributed by atoms with van der Waals surface area (Å²) in [5.74, 6) is -0.0785. The largest absolute Gasteiger partial charge is 0.383 e. The number of aliphatic hydroxyl groups is 1. The van der Waals surface area contributed by atoms with Crippen LogP contribution < -0.4 is 0 Å². The molecule has 0 saturated carbocycles. The molecule has 0 radical (unpaired) electrons. The standard InChI is InChI=1S/C12H18N4O2/c1-14-4-8(3-13-14)5-16-6-9-10(7-16)15(2)12(18)11(9)17/h3-4,9-11,17H,5-7H2,1-2H3/t9-,10+,11-/m0/s1. The van der Waals surface area contributed by atoms with Crippen LogP contribution in [0.3, 0.4) is 0 Å². The summed E-state index contributed by atoms with van der Waals surface area (Å²) in [6.07, 6.45) is 3.04. The first-order valence-electron chi connectivity index (χ1n) is 6.21. The van der Waals surface area contributed by atoms with E-state index in [4.69, 9.17) is 0 Å². The molecule has 3 rings (SSSR count). The van der Waals surface area contributed by atoms with Crippen molar-refractivity contribution in [3.63, 3.8) is 0 Å². The Hall–Kier alpha value is -1.40. The molecule has 0 aromatic carbocycles. The molecule has 0 unspecified atom stereocenters. The van der Waals surface area contributed by atoms with Gasteiger partial charge in [-0.05, 0) is 0 Å². The van der Waals surface area contributed by atoms with Gasteiger partial charge in [-0.25, -0.2) is 0 Å². The molecule has 1 amide bonds. The predicted molar refractivity (Wildman–Crippen MR) is 64.5 cm³/mol. The number of likely N-dealkylation sites (N-methyl/N-ethyl adjacent to an activating group) is 1. The Morgan fingerprint density at radius 2 is 2.22 bits per heavy atom. The van der Waals surface area contributed by atoms with Crippen molar-refractivity contribution in [2.45, 2.75) is 18.7 Å². The predicted octanol–water partition coefficient (Wildman–Crippen LogP) is -0.947. The number of carbonyl (C=O) groups excluding carboxylic acids is 1. The van der Waals surface area contributed by atoms with Crippen LogP contribution >= 0.6 is 0 Å². The van der Waals surface area contributed by atoms with Crippen molar-refractivity contribution < 1.29 is 9.90 Å². The molecular weight excluding hydrogens is 232 g/mol. The summed E-state index contributed by atoms with van der Waals surface area (Å²) in [5.41, 5.74) is 1.17. The fourth-order valence-corrected chi connectivity index (χ4v) is 3.11. The highest BCUT2D eigenvalue weighted by molar-refractivity contribution is 5.84. The smallest absolute Gasteiger partial charge is 0.251 e. The molecule has 2 aliphatic rings. The maximum atomic E-state index is 11.6. The number of nitrogens with zero attached hydrogens (tertiary/aromatic N) is 4. The van der Waals surface area contributed by atoms with E-state index in [-0.39, 0.29) is 17.9 Å². The average molecular weight is 250 g/mol. The average Bonchev–Trinajstić information content (AvgIpc) is 2.97. The van der Waals surface area contributed by atoms with Crippen molar-refractivity contribution in [3.05, 3.63) is 18.0 Å². The molecular formula is C12H18N4O2. The molecule has 0 spiro atoms. The van der Waals surface area contributed by atoms with Crippen LogP contribution in [0, 0.1) is 5.92 Å². The third-order valence-electron chi connectivity index (χ3n) is 4.08. The topological polar surface area (TPSA) is 61.6 Å². The number of hydrogen-bond acceptors (Lipinski definition) is 4. The van der Waals surface area contributed by atoms with Gasteiger partial charge in [0, 0.05) is 51.4 Å². The van der Waals surface area contributed by atoms with Gasteiger partial charge >= 0.3 is 0 Å². The van der Waals surface area contributed by atoms with E-state index < -0.39 is 6.10 Å². The van der Waals surface area contributed by atoms with Crippen LogP contribution in [-0.4, -0.2) is 62.9 Å². The summed E-state index contributed by atoms with van der Waals surface area (Å²) >= 11 is 0. The summed E-state index contributed by atoms with van der Waals surface area (Å²) in [6, 6.07) is 0.157. The first kappa shape index (κ1) is 11.7. The zero-order valence-electron chi connectivity index (χ0n) is 10.7. The van der Waals surface area contributed by atoms with E-state index in [1.165, 1.54) is 5.56 Å². The van der Waals surface area contributed by atoms with Crippen molar-refractivity contribution >= 4 is 5.91 Å². The number of aryl methyl sites for hydroxylation is 1. The van der Waals surface area contributed by atoms with Crippen LogP contribution in [0.2, 0.25) is 0 Å². The molecule has 0 bridgehead atoms. The molecule has 18 heavy (non-hydrogen) atoms. The van der Waals surface area contributed by atoms with E-state index in [0.717, 1.165) is 19.6 Å². The van der Waals surface area contributed by atoms with Gasteiger partial charge in [0.05, 0.1) is 12.2 Å². The molecule has 1 N–H and O–H groups in total. The maximum absolute atomic E-state index is 11.6. The number of aromatic nitrogens is 2. The minimum absolute atomic E-state index is 0.0548. The van der Waals surface area contributed by atoms with Gasteiger partial charge in [0.2, 0.25) is 0 Å². The third kappa shape index (κ3) is 1.72. The Morgan fingerprint density at radius 1 is 1.44 bits per heavy atom. The molecule has 1 aromatic heterocycles. The molecule has 2 fully saturated rings. The summed E-state index contributed by atoms with van der Waals surface area (Å²) < 4.78 is 1.79. The fourth-order valence-electron chi connectivity index (χ4n) is 3.11. The Morgan fingerprint density at radius 3 is 2.83 bits per heavy atom. The highest BCUT2D eigenvalue weighted by Crippen LogP contribution is 2.32. The minimum Gasteiger partial charge on any atom is -0.383 e. The lowest BCUT2D eigenvalue weighted by atomic mass is 10.0. The first-order valence-corrected chi connectivity index (χ1v) is 6.21. The summed E-state index contributed by atoms with van der Waals surface area (Å²) in [7, 11) is 3.68. The molecule has 6 nitrogen and oxygen atoms in total. The number of amides is 1. The molecule has 2 aliphatic heterocycles. The Bertz CT molecular complexity index is 452. The molecule has 3 heterocycles. The zero-order chi connectivity index (χ0) is 12.9. The summed E-state index contributed by atoms with van der Waals surface area (Å²) in [4.78, 5) is 15.6. The molecule has 1 aromatic rings. The van der Waals surface area contributed by atoms with Crippen LogP contribution in [0.15, 0.2) is 12.4 Å². The van der Waals surface area contributed by atoms with Gasteiger partial charge in [-0.1, -0.05) is 0 Å². The summed E-state index contributed by atoms with van der Waals surface area (Å²) in [5, 5.41) is 14.0. The van der Waals surface area contributed by atoms with Crippen LogP contribution in [0.4, 0.5) is 0 Å². The van der Waals surface area contributed by atoms with E-state index in [1.807, 2.05) is 19.4 Å². The molecule has 3 atom stereocenters. The van der Waals surface area contributed by atoms with Crippen LogP contribution in [0.25, 0.3) is 0 Å². The SMILES string of the molecule is CN1C(=O)[C@@H](O)[C@H]2CN(Cc3cnn(C)c3)C[C@H]21. The highest BCUT2D eigenvalue weighted by Gasteiger charge is 2.50. The monoisotopic (exact) mass is 250 g/mol. The number of likely N-dealkylation sites (tertiary alicyclic amines) is 2. The van der Waals surface area contributed by atoms with Crippen molar-refractivity contribution in [1.29, 1.82) is 0 Å².